The van der Waals surface area contributed by atoms with Crippen molar-refractivity contribution < 1.29 is 23.1 Å². The van der Waals surface area contributed by atoms with Gasteiger partial charge in [-0.1, -0.05) is 49.7 Å². The van der Waals surface area contributed by atoms with Crippen molar-refractivity contribution in [2.45, 2.75) is 31.9 Å². The van der Waals surface area contributed by atoms with Crippen LogP contribution in [0.4, 0.5) is 13.2 Å². The molecule has 1 N–H and O–H groups in total. The third-order valence-corrected chi connectivity index (χ3v) is 3.71. The Bertz CT molecular complexity index is 678. The summed E-state index contributed by atoms with van der Waals surface area (Å²) >= 11 is 0. The zero-order valence-electron chi connectivity index (χ0n) is 12.6. The molecule has 0 unspecified atom stereocenters. The lowest BCUT2D eigenvalue weighted by Crippen LogP contribution is -2.18. The van der Waals surface area contributed by atoms with Crippen molar-refractivity contribution in [3.63, 3.8) is 0 Å². The van der Waals surface area contributed by atoms with E-state index in [-0.39, 0.29) is 12.0 Å². The molecule has 0 saturated carbocycles. The number of carboxylic acid groups (broad SMARTS) is 1. The van der Waals surface area contributed by atoms with E-state index in [9.17, 15) is 23.1 Å². The summed E-state index contributed by atoms with van der Waals surface area (Å²) in [5, 5.41) is 9.34. The minimum Gasteiger partial charge on any atom is -0.481 e. The number of carbonyl (C=O) groups is 1. The highest BCUT2D eigenvalue weighted by atomic mass is 19.4. The van der Waals surface area contributed by atoms with E-state index in [1.54, 1.807) is 31.2 Å². The summed E-state index contributed by atoms with van der Waals surface area (Å²) in [7, 11) is 0. The van der Waals surface area contributed by atoms with Crippen LogP contribution in [-0.2, 0) is 11.0 Å². The summed E-state index contributed by atoms with van der Waals surface area (Å²) < 4.78 is 39.8. The summed E-state index contributed by atoms with van der Waals surface area (Å²) in [6.07, 6.45) is -3.92. The Morgan fingerprint density at radius 1 is 1.09 bits per heavy atom. The summed E-state index contributed by atoms with van der Waals surface area (Å²) in [6, 6.07) is 12.7. The predicted molar refractivity (Wildman–Crippen MR) is 82.2 cm³/mol. The monoisotopic (exact) mass is 322 g/mol. The van der Waals surface area contributed by atoms with E-state index in [0.717, 1.165) is 11.6 Å². The van der Waals surface area contributed by atoms with Gasteiger partial charge in [-0.05, 0) is 35.2 Å². The van der Waals surface area contributed by atoms with Gasteiger partial charge in [0.15, 0.2) is 0 Å². The van der Waals surface area contributed by atoms with E-state index in [4.69, 9.17) is 0 Å². The predicted octanol–water partition coefficient (Wildman–Crippen LogP) is 5.34. The van der Waals surface area contributed by atoms with Crippen molar-refractivity contribution in [2.24, 2.45) is 0 Å². The van der Waals surface area contributed by atoms with Crippen molar-refractivity contribution in [3.05, 3.63) is 59.7 Å². The summed E-state index contributed by atoms with van der Waals surface area (Å²) in [6.45, 7) is 1.75. The average molecular weight is 322 g/mol. The molecule has 122 valence electrons. The standard InChI is InChI=1S/C18H17F3O2/c1-2-6-14(17(22)23)15-11-13(12-7-4-3-5-8-12)9-10-16(15)18(19,20)21/h3-5,7-11,14H,2,6H2,1H3,(H,22,23)/t14-/m1/s1. The number of benzene rings is 2. The van der Waals surface area contributed by atoms with Gasteiger partial charge in [0, 0.05) is 0 Å². The second-order valence-electron chi connectivity index (χ2n) is 5.35. The Balaban J connectivity index is 2.61. The quantitative estimate of drug-likeness (QED) is 0.806. The summed E-state index contributed by atoms with van der Waals surface area (Å²) in [4.78, 5) is 11.4. The van der Waals surface area contributed by atoms with Gasteiger partial charge >= 0.3 is 12.1 Å². The van der Waals surface area contributed by atoms with Gasteiger partial charge in [0.2, 0.25) is 0 Å². The van der Waals surface area contributed by atoms with Crippen LogP contribution in [0.3, 0.4) is 0 Å². The molecular formula is C18H17F3O2. The number of hydrogen-bond acceptors (Lipinski definition) is 1. The van der Waals surface area contributed by atoms with Crippen molar-refractivity contribution in [1.29, 1.82) is 0 Å². The number of aliphatic carboxylic acids is 1. The molecule has 0 heterocycles. The molecule has 0 aliphatic carbocycles. The van der Waals surface area contributed by atoms with Crippen LogP contribution in [0, 0.1) is 0 Å². The minimum absolute atomic E-state index is 0.163. The molecule has 0 spiro atoms. The molecule has 0 bridgehead atoms. The highest BCUT2D eigenvalue weighted by molar-refractivity contribution is 5.78. The van der Waals surface area contributed by atoms with Crippen LogP contribution in [0.2, 0.25) is 0 Å². The second-order valence-corrected chi connectivity index (χ2v) is 5.35. The van der Waals surface area contributed by atoms with Gasteiger partial charge in [-0.2, -0.15) is 13.2 Å². The highest BCUT2D eigenvalue weighted by Gasteiger charge is 2.36. The molecule has 2 aromatic rings. The van der Waals surface area contributed by atoms with E-state index >= 15 is 0 Å². The molecule has 5 heteroatoms. The number of halogens is 3. The van der Waals surface area contributed by atoms with E-state index in [1.807, 2.05) is 6.07 Å². The van der Waals surface area contributed by atoms with Crippen LogP contribution >= 0.6 is 0 Å². The maximum Gasteiger partial charge on any atom is 0.416 e. The Morgan fingerprint density at radius 2 is 1.74 bits per heavy atom. The van der Waals surface area contributed by atoms with Crippen molar-refractivity contribution >= 4 is 5.97 Å². The number of alkyl halides is 3. The lowest BCUT2D eigenvalue weighted by Gasteiger charge is -2.19. The van der Waals surface area contributed by atoms with Gasteiger partial charge in [-0.15, -0.1) is 0 Å². The lowest BCUT2D eigenvalue weighted by atomic mass is 9.88. The number of carboxylic acids is 1. The van der Waals surface area contributed by atoms with E-state index in [2.05, 4.69) is 0 Å². The van der Waals surface area contributed by atoms with Crippen LogP contribution in [-0.4, -0.2) is 11.1 Å². The maximum atomic E-state index is 13.3. The minimum atomic E-state index is -4.58. The van der Waals surface area contributed by atoms with Crippen molar-refractivity contribution in [2.75, 3.05) is 0 Å². The number of hydrogen-bond donors (Lipinski definition) is 1. The lowest BCUT2D eigenvalue weighted by molar-refractivity contribution is -0.141. The highest BCUT2D eigenvalue weighted by Crippen LogP contribution is 2.39. The molecule has 0 saturated heterocycles. The Labute approximate surface area is 132 Å². The smallest absolute Gasteiger partial charge is 0.416 e. The zero-order valence-corrected chi connectivity index (χ0v) is 12.6. The molecule has 0 amide bonds. The fourth-order valence-electron chi connectivity index (χ4n) is 2.62. The summed E-state index contributed by atoms with van der Waals surface area (Å²) in [5.41, 5.74) is 0.283. The molecule has 0 aromatic heterocycles. The first-order valence-electron chi connectivity index (χ1n) is 7.34. The van der Waals surface area contributed by atoms with Crippen LogP contribution in [0.25, 0.3) is 11.1 Å². The van der Waals surface area contributed by atoms with Crippen LogP contribution in [0.15, 0.2) is 48.5 Å². The molecule has 2 nitrogen and oxygen atoms in total. The normalized spacial score (nSPS) is 12.9. The largest absolute Gasteiger partial charge is 0.481 e. The first-order valence-corrected chi connectivity index (χ1v) is 7.34. The van der Waals surface area contributed by atoms with E-state index < -0.39 is 23.6 Å². The van der Waals surface area contributed by atoms with Crippen molar-refractivity contribution in [3.8, 4) is 11.1 Å². The number of rotatable bonds is 5. The molecule has 0 aliphatic heterocycles. The van der Waals surface area contributed by atoms with Gasteiger partial charge < -0.3 is 5.11 Å². The fourth-order valence-corrected chi connectivity index (χ4v) is 2.62. The second kappa shape index (κ2) is 6.86. The fraction of sp³-hybridized carbons (Fsp3) is 0.278. The third-order valence-electron chi connectivity index (χ3n) is 3.71. The average Bonchev–Trinajstić information content (AvgIpc) is 2.51. The Morgan fingerprint density at radius 3 is 2.26 bits per heavy atom. The first-order chi connectivity index (χ1) is 10.8. The van der Waals surface area contributed by atoms with Crippen LogP contribution in [0.5, 0.6) is 0 Å². The molecule has 23 heavy (non-hydrogen) atoms. The molecule has 2 aromatic carbocycles. The van der Waals surface area contributed by atoms with Gasteiger partial charge in [0.05, 0.1) is 11.5 Å². The molecule has 1 atom stereocenters. The first kappa shape index (κ1) is 17.1. The third kappa shape index (κ3) is 3.92. The van der Waals surface area contributed by atoms with Gasteiger partial charge in [0.25, 0.3) is 0 Å². The van der Waals surface area contributed by atoms with E-state index in [0.29, 0.717) is 12.0 Å². The topological polar surface area (TPSA) is 37.3 Å². The zero-order chi connectivity index (χ0) is 17.0. The molecule has 0 fully saturated rings. The maximum absolute atomic E-state index is 13.3. The van der Waals surface area contributed by atoms with Gasteiger partial charge in [-0.25, -0.2) is 0 Å². The van der Waals surface area contributed by atoms with Gasteiger partial charge in [0.1, 0.15) is 0 Å². The van der Waals surface area contributed by atoms with E-state index in [1.165, 1.54) is 12.1 Å². The Kier molecular flexibility index (Phi) is 5.08. The van der Waals surface area contributed by atoms with Crippen LogP contribution in [0.1, 0.15) is 36.8 Å². The molecule has 0 radical (unpaired) electrons. The van der Waals surface area contributed by atoms with Crippen LogP contribution < -0.4 is 0 Å². The van der Waals surface area contributed by atoms with Crippen molar-refractivity contribution in [1.82, 2.24) is 0 Å². The molecule has 0 aliphatic rings. The Hall–Kier alpha value is -2.30. The SMILES string of the molecule is CCC[C@@H](C(=O)O)c1cc(-c2ccccc2)ccc1C(F)(F)F. The van der Waals surface area contributed by atoms with Gasteiger partial charge in [-0.3, -0.25) is 4.79 Å². The molecular weight excluding hydrogens is 305 g/mol. The molecule has 2 rings (SSSR count). The summed E-state index contributed by atoms with van der Waals surface area (Å²) in [5.74, 6) is -2.40.